The monoisotopic (exact) mass is 316 g/mol. The number of fused-ring (bicyclic) bond motifs is 1. The van der Waals surface area contributed by atoms with Gasteiger partial charge in [-0.05, 0) is 42.6 Å². The molecule has 4 atom stereocenters. The van der Waals surface area contributed by atoms with Crippen LogP contribution in [0.4, 0.5) is 0 Å². The van der Waals surface area contributed by atoms with Gasteiger partial charge in [0.05, 0.1) is 0 Å². The van der Waals surface area contributed by atoms with E-state index >= 15 is 0 Å². The zero-order chi connectivity index (χ0) is 15.8. The summed E-state index contributed by atoms with van der Waals surface area (Å²) >= 11 is 0. The maximum absolute atomic E-state index is 3.94. The second-order valence-electron chi connectivity index (χ2n) is 7.49. The average molecular weight is 317 g/mol. The predicted molar refractivity (Wildman–Crippen MR) is 103 cm³/mol. The van der Waals surface area contributed by atoms with Crippen molar-refractivity contribution in [2.75, 3.05) is 0 Å². The van der Waals surface area contributed by atoms with Crippen molar-refractivity contribution < 1.29 is 0 Å². The zero-order valence-corrected chi connectivity index (χ0v) is 16.0. The molecule has 0 bridgehead atoms. The first-order chi connectivity index (χ1) is 10.8. The largest absolute Gasteiger partial charge is 0.103 e. The Bertz CT molecular complexity index is 373. The molecule has 1 heteroatoms. The highest BCUT2D eigenvalue weighted by Gasteiger charge is 2.43. The Morgan fingerprint density at radius 1 is 1.05 bits per heavy atom. The minimum atomic E-state index is -0.599. The van der Waals surface area contributed by atoms with E-state index in [0.29, 0.717) is 0 Å². The number of unbranched alkanes of at least 4 members (excludes halogenated alkanes) is 2. The fraction of sp³-hybridized carbons (Fsp3) is 0.714. The third-order valence-corrected chi connectivity index (χ3v) is 10.3. The van der Waals surface area contributed by atoms with E-state index < -0.39 is 8.80 Å². The van der Waals surface area contributed by atoms with Crippen LogP contribution in [0.1, 0.15) is 58.8 Å². The number of hydrogen-bond donors (Lipinski definition) is 0. The molecule has 0 nitrogen and oxygen atoms in total. The smallest absolute Gasteiger partial charge is 0.0405 e. The lowest BCUT2D eigenvalue weighted by Crippen LogP contribution is -2.25. The molecule has 2 aliphatic carbocycles. The summed E-state index contributed by atoms with van der Waals surface area (Å²) in [6.07, 6.45) is 21.7. The van der Waals surface area contributed by atoms with Gasteiger partial charge < -0.3 is 0 Å². The summed E-state index contributed by atoms with van der Waals surface area (Å²) in [7, 11) is -0.599. The lowest BCUT2D eigenvalue weighted by atomic mass is 9.84. The second-order valence-corrected chi connectivity index (χ2v) is 11.0. The van der Waals surface area contributed by atoms with Crippen molar-refractivity contribution >= 4 is 8.80 Å². The van der Waals surface area contributed by atoms with Gasteiger partial charge in [0.2, 0.25) is 0 Å². The first-order valence-corrected chi connectivity index (χ1v) is 12.1. The van der Waals surface area contributed by atoms with Crippen molar-refractivity contribution in [3.05, 3.63) is 37.0 Å². The second kappa shape index (κ2) is 9.55. The highest BCUT2D eigenvalue weighted by atomic mass is 28.3. The van der Waals surface area contributed by atoms with Crippen LogP contribution in [-0.4, -0.2) is 8.80 Å². The van der Waals surface area contributed by atoms with Gasteiger partial charge in [0.25, 0.3) is 0 Å². The van der Waals surface area contributed by atoms with E-state index in [0.717, 1.165) is 23.3 Å². The fourth-order valence-corrected chi connectivity index (χ4v) is 9.62. The molecule has 124 valence electrons. The summed E-state index contributed by atoms with van der Waals surface area (Å²) in [5.41, 5.74) is 1.07. The molecule has 4 unspecified atom stereocenters. The SMILES string of the molecule is C=CCCC1CC([SiH](CCCC)CCCC)C2C=CC=CC12. The number of rotatable bonds is 10. The van der Waals surface area contributed by atoms with E-state index in [2.05, 4.69) is 50.8 Å². The Hall–Kier alpha value is -0.563. The van der Waals surface area contributed by atoms with E-state index in [-0.39, 0.29) is 0 Å². The van der Waals surface area contributed by atoms with Gasteiger partial charge in [-0.15, -0.1) is 6.58 Å². The van der Waals surface area contributed by atoms with Gasteiger partial charge in [-0.25, -0.2) is 0 Å². The molecular weight excluding hydrogens is 280 g/mol. The number of hydrogen-bond acceptors (Lipinski definition) is 0. The molecule has 0 aromatic heterocycles. The molecule has 0 saturated heterocycles. The van der Waals surface area contributed by atoms with E-state index in [4.69, 9.17) is 0 Å². The summed E-state index contributed by atoms with van der Waals surface area (Å²) in [5.74, 6) is 2.64. The molecule has 0 N–H and O–H groups in total. The van der Waals surface area contributed by atoms with E-state index in [1.54, 1.807) is 12.1 Å². The van der Waals surface area contributed by atoms with Crippen LogP contribution in [0.3, 0.4) is 0 Å². The first-order valence-electron chi connectivity index (χ1n) is 9.77. The minimum absolute atomic E-state index is 0.599. The third-order valence-electron chi connectivity index (χ3n) is 6.04. The molecule has 2 aliphatic rings. The predicted octanol–water partition coefficient (Wildman–Crippen LogP) is 6.53. The molecular formula is C21H36Si. The molecule has 1 fully saturated rings. The Balaban J connectivity index is 2.07. The van der Waals surface area contributed by atoms with E-state index in [1.807, 2.05) is 0 Å². The van der Waals surface area contributed by atoms with Crippen molar-refractivity contribution in [1.82, 2.24) is 0 Å². The van der Waals surface area contributed by atoms with Crippen LogP contribution in [0.5, 0.6) is 0 Å². The third kappa shape index (κ3) is 4.47. The van der Waals surface area contributed by atoms with Crippen LogP contribution >= 0.6 is 0 Å². The summed E-state index contributed by atoms with van der Waals surface area (Å²) in [4.78, 5) is 0. The van der Waals surface area contributed by atoms with Gasteiger partial charge >= 0.3 is 0 Å². The van der Waals surface area contributed by atoms with Crippen molar-refractivity contribution in [3.8, 4) is 0 Å². The van der Waals surface area contributed by atoms with Crippen LogP contribution in [0.2, 0.25) is 17.6 Å². The summed E-state index contributed by atoms with van der Waals surface area (Å²) in [6.45, 7) is 8.66. The molecule has 2 rings (SSSR count). The molecule has 0 radical (unpaired) electrons. The lowest BCUT2D eigenvalue weighted by molar-refractivity contribution is 0.396. The van der Waals surface area contributed by atoms with Crippen molar-refractivity contribution in [1.29, 1.82) is 0 Å². The Morgan fingerprint density at radius 3 is 2.27 bits per heavy atom. The van der Waals surface area contributed by atoms with Gasteiger partial charge in [0.15, 0.2) is 0 Å². The maximum Gasteiger partial charge on any atom is 0.0405 e. The Kier molecular flexibility index (Phi) is 7.72. The Morgan fingerprint density at radius 2 is 1.68 bits per heavy atom. The van der Waals surface area contributed by atoms with Gasteiger partial charge in [-0.2, -0.15) is 0 Å². The van der Waals surface area contributed by atoms with Crippen molar-refractivity contribution in [2.24, 2.45) is 17.8 Å². The standard InChI is InChI=1S/C21H36Si/c1-4-7-12-18-17-21(20-14-11-10-13-19(18)20)22(15-8-5-2)16-9-6-3/h4,10-11,13-14,18-22H,1,5-9,12,15-17H2,2-3H3. The molecule has 0 spiro atoms. The van der Waals surface area contributed by atoms with E-state index in [1.165, 1.54) is 44.9 Å². The molecule has 22 heavy (non-hydrogen) atoms. The van der Waals surface area contributed by atoms with Crippen molar-refractivity contribution in [3.63, 3.8) is 0 Å². The van der Waals surface area contributed by atoms with Crippen LogP contribution < -0.4 is 0 Å². The van der Waals surface area contributed by atoms with Crippen LogP contribution in [0, 0.1) is 17.8 Å². The minimum Gasteiger partial charge on any atom is -0.103 e. The molecule has 0 aliphatic heterocycles. The van der Waals surface area contributed by atoms with Gasteiger partial charge in [0, 0.05) is 8.80 Å². The molecule has 1 saturated carbocycles. The van der Waals surface area contributed by atoms with E-state index in [9.17, 15) is 0 Å². The molecule has 0 heterocycles. The highest BCUT2D eigenvalue weighted by molar-refractivity contribution is 6.60. The Labute approximate surface area is 140 Å². The maximum atomic E-state index is 3.94. The average Bonchev–Trinajstić information content (AvgIpc) is 2.92. The van der Waals surface area contributed by atoms with Crippen LogP contribution in [-0.2, 0) is 0 Å². The van der Waals surface area contributed by atoms with Crippen LogP contribution in [0.25, 0.3) is 0 Å². The molecule has 0 aromatic carbocycles. The summed E-state index contributed by atoms with van der Waals surface area (Å²) < 4.78 is 0. The fourth-order valence-electron chi connectivity index (χ4n) is 4.86. The summed E-state index contributed by atoms with van der Waals surface area (Å²) in [5, 5.41) is 0. The zero-order valence-electron chi connectivity index (χ0n) is 14.8. The summed E-state index contributed by atoms with van der Waals surface area (Å²) in [6, 6.07) is 3.19. The van der Waals surface area contributed by atoms with Gasteiger partial charge in [-0.1, -0.05) is 82.0 Å². The lowest BCUT2D eigenvalue weighted by Gasteiger charge is -2.29. The van der Waals surface area contributed by atoms with Crippen LogP contribution in [0.15, 0.2) is 37.0 Å². The van der Waals surface area contributed by atoms with Crippen molar-refractivity contribution in [2.45, 2.75) is 76.4 Å². The molecule has 0 aromatic rings. The normalized spacial score (nSPS) is 30.0. The molecule has 0 amide bonds. The van der Waals surface area contributed by atoms with Gasteiger partial charge in [0.1, 0.15) is 0 Å². The van der Waals surface area contributed by atoms with Gasteiger partial charge in [-0.3, -0.25) is 0 Å². The quantitative estimate of drug-likeness (QED) is 0.317. The number of allylic oxidation sites excluding steroid dienone is 5. The highest BCUT2D eigenvalue weighted by Crippen LogP contribution is 2.52. The first kappa shape index (κ1) is 17.8. The topological polar surface area (TPSA) is 0 Å².